The Kier molecular flexibility index (Phi) is 24.2. The van der Waals surface area contributed by atoms with Gasteiger partial charge in [-0.25, -0.2) is 19.9 Å². The molecule has 0 saturated carbocycles. The molecule has 8 heterocycles. The fourth-order valence-electron chi connectivity index (χ4n) is 19.8. The highest BCUT2D eigenvalue weighted by Gasteiger charge is 2.27. The second kappa shape index (κ2) is 40.1. The molecule has 0 N–H and O–H groups in total. The van der Waals surface area contributed by atoms with Gasteiger partial charge >= 0.3 is 0 Å². The smallest absolute Gasteiger partial charge is 0.231 e. The Morgan fingerprint density at radius 3 is 0.662 bits per heavy atom. The van der Waals surface area contributed by atoms with Gasteiger partial charge in [-0.2, -0.15) is 19.9 Å². The minimum Gasteiger partial charge on any atom is -0.438 e. The number of nitrogens with zero attached hydrogens (tertiary/aromatic N) is 8. The monoisotopic (exact) mass is 1900 g/mol. The molecule has 8 aromatic heterocycles. The van der Waals surface area contributed by atoms with Crippen molar-refractivity contribution in [3.05, 3.63) is 534 Å². The average Bonchev–Trinajstić information content (AvgIpc) is 1.57. The highest BCUT2D eigenvalue weighted by molar-refractivity contribution is 6.15. The average molecular weight is 1900 g/mol. The van der Waals surface area contributed by atoms with E-state index in [4.69, 9.17) is 57.5 Å². The quantitative estimate of drug-likeness (QED) is 0.0904. The van der Waals surface area contributed by atoms with Crippen LogP contribution in [0.5, 0.6) is 0 Å². The molecule has 12 nitrogen and oxygen atoms in total. The first kappa shape index (κ1) is 89.3. The summed E-state index contributed by atoms with van der Waals surface area (Å²) in [6, 6.07) is 183. The molecule has 0 aliphatic rings. The normalized spacial score (nSPS) is 11.2. The summed E-state index contributed by atoms with van der Waals surface area (Å²) < 4.78 is 25.0. The van der Waals surface area contributed by atoms with Gasteiger partial charge in [0.2, 0.25) is 22.9 Å². The first-order valence-corrected chi connectivity index (χ1v) is 49.4. The van der Waals surface area contributed by atoms with Crippen LogP contribution >= 0.6 is 0 Å². The lowest BCUT2D eigenvalue weighted by atomic mass is 9.95. The van der Waals surface area contributed by atoms with E-state index in [2.05, 4.69) is 400 Å². The molecule has 0 fully saturated rings. The molecule has 0 bridgehead atoms. The topological polar surface area (TPSA) is 156 Å². The minimum absolute atomic E-state index is 0.592. The molecule has 28 aromatic rings. The lowest BCUT2D eigenvalue weighted by Crippen LogP contribution is -1.96. The van der Waals surface area contributed by atoms with Gasteiger partial charge in [0.15, 0.2) is 23.3 Å². The molecule has 0 atom stereocenters. The molecule has 20 aromatic carbocycles. The summed E-state index contributed by atoms with van der Waals surface area (Å²) in [5.41, 5.74) is 35.4. The summed E-state index contributed by atoms with van der Waals surface area (Å²) in [6.07, 6.45) is 0. The van der Waals surface area contributed by atoms with Crippen molar-refractivity contribution < 1.29 is 17.7 Å². The van der Waals surface area contributed by atoms with Crippen LogP contribution in [0.1, 0.15) is 0 Å². The SMILES string of the molecule is c1ccc(-c2ccc(-c3nc(-c4cccc(-c5ccccc5)c4)nc4oc5ccccc5c34)cc2)cc1.c1ccc(-c2ccc(-c3nc(-c4ccccc4-c4ccccc4)c4c(n3)oc3ccccc34)cc2)cc1.c1ccc(-c2ccc(-c3nc(-c4ccccc4-c4ccccc4)nc4oc5ccccc5c34)cc2)cc1.c1ccc(-c2cccc(-c3nc(-c4ccccc4-c4ccccc4)nc4oc5ccccc5c34)c2)cc1. The summed E-state index contributed by atoms with van der Waals surface area (Å²) in [7, 11) is 0. The maximum absolute atomic E-state index is 6.29. The van der Waals surface area contributed by atoms with Crippen molar-refractivity contribution in [2.75, 3.05) is 0 Å². The van der Waals surface area contributed by atoms with Crippen LogP contribution in [0, 0.1) is 0 Å². The van der Waals surface area contributed by atoms with Gasteiger partial charge in [0.1, 0.15) is 22.3 Å². The van der Waals surface area contributed by atoms with Gasteiger partial charge in [-0.15, -0.1) is 0 Å². The van der Waals surface area contributed by atoms with Gasteiger partial charge in [-0.1, -0.05) is 497 Å². The Hall–Kier alpha value is -20.1. The van der Waals surface area contributed by atoms with Gasteiger partial charge in [0.25, 0.3) is 0 Å². The molecule has 0 saturated heterocycles. The zero-order valence-electron chi connectivity index (χ0n) is 80.0. The summed E-state index contributed by atoms with van der Waals surface area (Å²) in [6.45, 7) is 0. The van der Waals surface area contributed by atoms with Crippen molar-refractivity contribution in [2.24, 2.45) is 0 Å². The van der Waals surface area contributed by atoms with Crippen molar-refractivity contribution in [1.29, 1.82) is 0 Å². The number of fused-ring (bicyclic) bond motifs is 12. The molecule has 0 amide bonds. The van der Waals surface area contributed by atoms with Crippen LogP contribution in [0.4, 0.5) is 0 Å². The van der Waals surface area contributed by atoms with Crippen molar-refractivity contribution >= 4 is 88.3 Å². The number of benzene rings is 20. The number of para-hydroxylation sites is 4. The Balaban J connectivity index is 0.000000103. The van der Waals surface area contributed by atoms with Gasteiger partial charge < -0.3 is 17.7 Å². The second-order valence-electron chi connectivity index (χ2n) is 36.2. The number of aromatic nitrogens is 8. The van der Waals surface area contributed by atoms with Crippen molar-refractivity contribution in [1.82, 2.24) is 39.9 Å². The highest BCUT2D eigenvalue weighted by atomic mass is 16.4. The maximum atomic E-state index is 6.29. The van der Waals surface area contributed by atoms with Crippen LogP contribution in [0.2, 0.25) is 0 Å². The summed E-state index contributed by atoms with van der Waals surface area (Å²) >= 11 is 0. The molecule has 148 heavy (non-hydrogen) atoms. The van der Waals surface area contributed by atoms with Crippen molar-refractivity contribution in [3.63, 3.8) is 0 Å². The predicted molar refractivity (Wildman–Crippen MR) is 604 cm³/mol. The van der Waals surface area contributed by atoms with E-state index in [1.165, 1.54) is 33.4 Å². The molecule has 0 spiro atoms. The molecular weight excluding hydrogens is 1810 g/mol. The Morgan fingerprint density at radius 1 is 0.115 bits per heavy atom. The van der Waals surface area contributed by atoms with Crippen molar-refractivity contribution in [2.45, 2.75) is 0 Å². The number of hydrogen-bond acceptors (Lipinski definition) is 12. The number of rotatable bonds is 16. The Morgan fingerprint density at radius 2 is 0.318 bits per heavy atom. The van der Waals surface area contributed by atoms with Crippen LogP contribution in [-0.2, 0) is 0 Å². The Labute approximate surface area is 853 Å². The summed E-state index contributed by atoms with van der Waals surface area (Å²) in [5.74, 6) is 2.58. The van der Waals surface area contributed by atoms with Crippen molar-refractivity contribution in [3.8, 4) is 180 Å². The third-order valence-electron chi connectivity index (χ3n) is 27.0. The van der Waals surface area contributed by atoms with Gasteiger partial charge in [0, 0.05) is 66.1 Å². The lowest BCUT2D eigenvalue weighted by Gasteiger charge is -2.12. The predicted octanol–water partition coefficient (Wildman–Crippen LogP) is 36.2. The van der Waals surface area contributed by atoms with Gasteiger partial charge in [-0.05, 0) is 125 Å². The molecule has 0 unspecified atom stereocenters. The minimum atomic E-state index is 0.592. The van der Waals surface area contributed by atoms with E-state index in [9.17, 15) is 0 Å². The molecular formula is C136H88N8O4. The standard InChI is InChI=1S/4C34H22N2O/c1-3-12-23(13-4-1)25-16-11-17-26(22-25)32-31-29-20-9-10-21-30(29)37-34(31)36-33(35-32)28-19-8-7-18-27(28)24-14-5-2-6-15-24;1-3-11-23(12-4-1)24-19-21-26(22-20-24)33-35-32(31-29-17-9-10-18-30(29)37-34(31)36-33)28-16-8-7-15-27(28)25-13-5-2-6-14-25;1-3-11-23(12-4-1)24-19-21-26(22-20-24)32-31-29-17-9-10-18-30(29)37-34(31)36-33(35-32)28-16-8-7-15-27(28)25-13-5-2-6-14-25;1-3-10-23(11-4-1)25-18-20-26(21-19-25)32-31-29-16-7-8-17-30(29)37-34(31)36-33(35-32)28-15-9-14-27(22-28)24-12-5-2-6-13-24/h4*1-22H. The van der Waals surface area contributed by atoms with E-state index in [1.807, 2.05) is 133 Å². The zero-order chi connectivity index (χ0) is 98.4. The maximum Gasteiger partial charge on any atom is 0.231 e. The molecule has 0 radical (unpaired) electrons. The zero-order valence-corrected chi connectivity index (χ0v) is 80.0. The molecule has 12 heteroatoms. The van der Waals surface area contributed by atoms with E-state index >= 15 is 0 Å². The van der Waals surface area contributed by atoms with Crippen LogP contribution in [0.15, 0.2) is 552 Å². The third kappa shape index (κ3) is 17.9. The van der Waals surface area contributed by atoms with E-state index in [0.717, 1.165) is 188 Å². The van der Waals surface area contributed by atoms with E-state index in [1.54, 1.807) is 0 Å². The fourth-order valence-corrected chi connectivity index (χ4v) is 19.8. The second-order valence-corrected chi connectivity index (χ2v) is 36.2. The molecule has 0 aliphatic carbocycles. The number of furan rings is 4. The fraction of sp³-hybridized carbons (Fsp3) is 0. The van der Waals surface area contributed by atoms with Gasteiger partial charge in [-0.3, -0.25) is 0 Å². The molecule has 28 rings (SSSR count). The first-order valence-electron chi connectivity index (χ1n) is 49.4. The van der Waals surface area contributed by atoms with E-state index < -0.39 is 0 Å². The number of hydrogen-bond donors (Lipinski definition) is 0. The largest absolute Gasteiger partial charge is 0.438 e. The van der Waals surface area contributed by atoms with Crippen LogP contribution in [0.25, 0.3) is 268 Å². The lowest BCUT2D eigenvalue weighted by molar-refractivity contribution is 0.653. The first-order chi connectivity index (χ1) is 73.4. The van der Waals surface area contributed by atoms with Crippen LogP contribution in [-0.4, -0.2) is 39.9 Å². The summed E-state index contributed by atoms with van der Waals surface area (Å²) in [5, 5.41) is 7.80. The van der Waals surface area contributed by atoms with Gasteiger partial charge in [0.05, 0.1) is 44.3 Å². The van der Waals surface area contributed by atoms with Crippen LogP contribution < -0.4 is 0 Å². The van der Waals surface area contributed by atoms with E-state index in [-0.39, 0.29) is 0 Å². The highest BCUT2D eigenvalue weighted by Crippen LogP contribution is 2.47. The molecule has 0 aliphatic heterocycles. The third-order valence-corrected chi connectivity index (χ3v) is 27.0. The molecule has 696 valence electrons. The van der Waals surface area contributed by atoms with Crippen LogP contribution in [0.3, 0.4) is 0 Å². The Bertz CT molecular complexity index is 9670. The summed E-state index contributed by atoms with van der Waals surface area (Å²) in [4.78, 5) is 40.4. The van der Waals surface area contributed by atoms with E-state index in [0.29, 0.717) is 46.2 Å².